The van der Waals surface area contributed by atoms with Gasteiger partial charge in [0, 0.05) is 7.05 Å². The topological polar surface area (TPSA) is 94.2 Å². The van der Waals surface area contributed by atoms with Crippen LogP contribution in [0, 0.1) is 0 Å². The summed E-state index contributed by atoms with van der Waals surface area (Å²) in [6, 6.07) is 9.44. The van der Waals surface area contributed by atoms with E-state index in [4.69, 9.17) is 25.8 Å². The minimum Gasteiger partial charge on any atom is -0.496 e. The molecule has 0 heterocycles. The quantitative estimate of drug-likeness (QED) is 0.590. The Hall–Kier alpha value is -2.49. The van der Waals surface area contributed by atoms with Gasteiger partial charge in [-0.25, -0.2) is 8.42 Å². The summed E-state index contributed by atoms with van der Waals surface area (Å²) in [6.45, 7) is 1.95. The molecule has 10 heteroatoms. The molecule has 0 bridgehead atoms. The number of benzene rings is 2. The largest absolute Gasteiger partial charge is 0.496 e. The van der Waals surface area contributed by atoms with Gasteiger partial charge in [0.25, 0.3) is 0 Å². The third-order valence-corrected chi connectivity index (χ3v) is 6.36. The lowest BCUT2D eigenvalue weighted by molar-refractivity contribution is -0.121. The van der Waals surface area contributed by atoms with Crippen molar-refractivity contribution < 1.29 is 27.4 Å². The van der Waals surface area contributed by atoms with Gasteiger partial charge in [-0.05, 0) is 37.3 Å². The number of nitrogens with one attached hydrogen (secondary N) is 1. The molecule has 0 fully saturated rings. The van der Waals surface area contributed by atoms with Crippen LogP contribution in [0.1, 0.15) is 12.5 Å². The van der Waals surface area contributed by atoms with Crippen molar-refractivity contribution in [2.75, 3.05) is 34.4 Å². The van der Waals surface area contributed by atoms with Crippen molar-refractivity contribution in [3.05, 3.63) is 47.0 Å². The summed E-state index contributed by atoms with van der Waals surface area (Å²) in [7, 11) is 0.441. The van der Waals surface area contributed by atoms with Crippen LogP contribution in [0.2, 0.25) is 5.02 Å². The molecule has 0 saturated carbocycles. The predicted octanol–water partition coefficient (Wildman–Crippen LogP) is 2.69. The number of methoxy groups -OCH3 is 2. The van der Waals surface area contributed by atoms with E-state index < -0.39 is 15.9 Å². The van der Waals surface area contributed by atoms with Crippen LogP contribution in [0.5, 0.6) is 17.2 Å². The predicted molar refractivity (Wildman–Crippen MR) is 114 cm³/mol. The van der Waals surface area contributed by atoms with Gasteiger partial charge >= 0.3 is 0 Å². The maximum Gasteiger partial charge on any atom is 0.243 e. The van der Waals surface area contributed by atoms with E-state index in [1.54, 1.807) is 25.1 Å². The molecule has 30 heavy (non-hydrogen) atoms. The highest BCUT2D eigenvalue weighted by Crippen LogP contribution is 2.29. The maximum atomic E-state index is 12.8. The molecule has 164 valence electrons. The Morgan fingerprint density at radius 1 is 1.10 bits per heavy atom. The van der Waals surface area contributed by atoms with E-state index in [9.17, 15) is 13.2 Å². The van der Waals surface area contributed by atoms with Crippen molar-refractivity contribution in [3.8, 4) is 17.2 Å². The van der Waals surface area contributed by atoms with Gasteiger partial charge in [0.05, 0.1) is 49.4 Å². The van der Waals surface area contributed by atoms with Crippen LogP contribution in [0.15, 0.2) is 41.3 Å². The molecule has 0 saturated heterocycles. The Morgan fingerprint density at radius 3 is 2.27 bits per heavy atom. The Labute approximate surface area is 181 Å². The fourth-order valence-corrected chi connectivity index (χ4v) is 4.18. The zero-order valence-electron chi connectivity index (χ0n) is 17.3. The maximum absolute atomic E-state index is 12.8. The standard InChI is InChI=1S/C20H25ClN2O6S/c1-5-29-19-10-9-14(11-16(19)21)30(25,26)23(2)13-20(24)22-12-15-17(27-3)7-6-8-18(15)28-4/h6-11H,5,12-13H2,1-4H3,(H,22,24). The van der Waals surface area contributed by atoms with Crippen LogP contribution < -0.4 is 19.5 Å². The van der Waals surface area contributed by atoms with Crippen LogP contribution in [0.25, 0.3) is 0 Å². The van der Waals surface area contributed by atoms with E-state index in [1.165, 1.54) is 39.5 Å². The fourth-order valence-electron chi connectivity index (χ4n) is 2.73. The average Bonchev–Trinajstić information content (AvgIpc) is 2.73. The van der Waals surface area contributed by atoms with Crippen molar-refractivity contribution in [1.29, 1.82) is 0 Å². The Bertz CT molecular complexity index is 975. The van der Waals surface area contributed by atoms with Crippen molar-refractivity contribution in [2.24, 2.45) is 0 Å². The SMILES string of the molecule is CCOc1ccc(S(=O)(=O)N(C)CC(=O)NCc2c(OC)cccc2OC)cc1Cl. The number of ether oxygens (including phenoxy) is 3. The Morgan fingerprint density at radius 2 is 1.73 bits per heavy atom. The van der Waals surface area contributed by atoms with Gasteiger partial charge in [0.1, 0.15) is 17.2 Å². The number of carbonyl (C=O) groups is 1. The third kappa shape index (κ3) is 5.56. The number of halogens is 1. The summed E-state index contributed by atoms with van der Waals surface area (Å²) < 4.78 is 42.4. The van der Waals surface area contributed by atoms with Gasteiger partial charge in [-0.15, -0.1) is 0 Å². The molecule has 0 spiro atoms. The molecule has 0 aromatic heterocycles. The molecular formula is C20H25ClN2O6S. The monoisotopic (exact) mass is 456 g/mol. The summed E-state index contributed by atoms with van der Waals surface area (Å²) in [5.74, 6) is 1.02. The van der Waals surface area contributed by atoms with Gasteiger partial charge in [0.15, 0.2) is 0 Å². The average molecular weight is 457 g/mol. The van der Waals surface area contributed by atoms with Gasteiger partial charge in [-0.2, -0.15) is 4.31 Å². The van der Waals surface area contributed by atoms with Crippen LogP contribution in [-0.2, 0) is 21.4 Å². The number of hydrogen-bond donors (Lipinski definition) is 1. The molecule has 0 aliphatic rings. The Kier molecular flexibility index (Phi) is 8.33. The first kappa shape index (κ1) is 23.8. The lowest BCUT2D eigenvalue weighted by Crippen LogP contribution is -2.38. The lowest BCUT2D eigenvalue weighted by Gasteiger charge is -2.18. The van der Waals surface area contributed by atoms with E-state index in [2.05, 4.69) is 5.32 Å². The molecule has 0 atom stereocenters. The summed E-state index contributed by atoms with van der Waals surface area (Å²) in [5.41, 5.74) is 0.652. The number of sulfonamides is 1. The van der Waals surface area contributed by atoms with E-state index in [-0.39, 0.29) is 23.0 Å². The van der Waals surface area contributed by atoms with Crippen LogP contribution >= 0.6 is 11.6 Å². The first-order valence-electron chi connectivity index (χ1n) is 9.09. The van der Waals surface area contributed by atoms with E-state index in [0.717, 1.165) is 4.31 Å². The zero-order valence-corrected chi connectivity index (χ0v) is 18.8. The van der Waals surface area contributed by atoms with Crippen molar-refractivity contribution in [1.82, 2.24) is 9.62 Å². The van der Waals surface area contributed by atoms with E-state index in [0.29, 0.717) is 29.4 Å². The third-order valence-electron chi connectivity index (χ3n) is 4.27. The number of rotatable bonds is 10. The highest BCUT2D eigenvalue weighted by atomic mass is 35.5. The zero-order chi connectivity index (χ0) is 22.3. The second-order valence-electron chi connectivity index (χ2n) is 6.20. The van der Waals surface area contributed by atoms with E-state index >= 15 is 0 Å². The minimum absolute atomic E-state index is 0.0300. The number of nitrogens with zero attached hydrogens (tertiary/aromatic N) is 1. The molecule has 0 radical (unpaired) electrons. The smallest absolute Gasteiger partial charge is 0.243 e. The Balaban J connectivity index is 2.08. The van der Waals surface area contributed by atoms with Gasteiger partial charge in [0.2, 0.25) is 15.9 Å². The van der Waals surface area contributed by atoms with Crippen LogP contribution in [-0.4, -0.2) is 53.0 Å². The number of amides is 1. The molecular weight excluding hydrogens is 432 g/mol. The molecule has 2 aromatic rings. The summed E-state index contributed by atoms with van der Waals surface area (Å²) in [6.07, 6.45) is 0. The van der Waals surface area contributed by atoms with Crippen molar-refractivity contribution in [2.45, 2.75) is 18.4 Å². The highest BCUT2D eigenvalue weighted by molar-refractivity contribution is 7.89. The fraction of sp³-hybridized carbons (Fsp3) is 0.350. The second-order valence-corrected chi connectivity index (χ2v) is 8.66. The normalized spacial score (nSPS) is 11.3. The van der Waals surface area contributed by atoms with Gasteiger partial charge in [-0.3, -0.25) is 4.79 Å². The molecule has 2 rings (SSSR count). The minimum atomic E-state index is -3.91. The summed E-state index contributed by atoms with van der Waals surface area (Å²) >= 11 is 6.09. The highest BCUT2D eigenvalue weighted by Gasteiger charge is 2.24. The lowest BCUT2D eigenvalue weighted by atomic mass is 10.1. The van der Waals surface area contributed by atoms with Crippen molar-refractivity contribution in [3.63, 3.8) is 0 Å². The molecule has 1 amide bonds. The summed E-state index contributed by atoms with van der Waals surface area (Å²) in [4.78, 5) is 12.3. The molecule has 0 unspecified atom stereocenters. The van der Waals surface area contributed by atoms with Crippen LogP contribution in [0.4, 0.5) is 0 Å². The first-order valence-corrected chi connectivity index (χ1v) is 10.9. The molecule has 0 aliphatic carbocycles. The van der Waals surface area contributed by atoms with Crippen molar-refractivity contribution >= 4 is 27.5 Å². The van der Waals surface area contributed by atoms with Crippen LogP contribution in [0.3, 0.4) is 0 Å². The first-order chi connectivity index (χ1) is 14.2. The summed E-state index contributed by atoms with van der Waals surface area (Å²) in [5, 5.41) is 2.87. The second kappa shape index (κ2) is 10.5. The number of carbonyl (C=O) groups excluding carboxylic acids is 1. The number of likely N-dealkylation sites (N-methyl/N-ethyl adjacent to an activating group) is 1. The number of hydrogen-bond acceptors (Lipinski definition) is 6. The molecule has 0 aliphatic heterocycles. The van der Waals surface area contributed by atoms with Gasteiger partial charge < -0.3 is 19.5 Å². The molecule has 1 N–H and O–H groups in total. The van der Waals surface area contributed by atoms with Gasteiger partial charge in [-0.1, -0.05) is 17.7 Å². The van der Waals surface area contributed by atoms with E-state index in [1.807, 2.05) is 0 Å². The molecule has 8 nitrogen and oxygen atoms in total. The molecule has 2 aromatic carbocycles.